The molecule has 16 heavy (non-hydrogen) atoms. The zero-order valence-electron chi connectivity index (χ0n) is 8.93. The Morgan fingerprint density at radius 2 is 2.00 bits per heavy atom. The Labute approximate surface area is 103 Å². The van der Waals surface area contributed by atoms with Gasteiger partial charge in [0.05, 0.1) is 6.04 Å². The molecule has 1 aliphatic rings. The van der Waals surface area contributed by atoms with Crippen LogP contribution in [0.2, 0.25) is 0 Å². The van der Waals surface area contributed by atoms with Crippen LogP contribution in [0.4, 0.5) is 0 Å². The summed E-state index contributed by atoms with van der Waals surface area (Å²) < 4.78 is 1.01. The molecule has 3 heteroatoms. The summed E-state index contributed by atoms with van der Waals surface area (Å²) in [6, 6.07) is 9.36. The Morgan fingerprint density at radius 1 is 1.31 bits per heavy atom. The molecule has 1 aliphatic heterocycles. The topological polar surface area (TPSA) is 20.3 Å². The zero-order chi connectivity index (χ0) is 11.5. The molecule has 2 nitrogen and oxygen atoms in total. The van der Waals surface area contributed by atoms with E-state index in [-0.39, 0.29) is 11.9 Å². The molecule has 0 saturated carbocycles. The second-order valence-electron chi connectivity index (χ2n) is 3.65. The molecule has 1 aromatic carbocycles. The van der Waals surface area contributed by atoms with Crippen LogP contribution in [0.3, 0.4) is 0 Å². The third-order valence-electron chi connectivity index (χ3n) is 2.57. The maximum absolute atomic E-state index is 12.2. The van der Waals surface area contributed by atoms with Crippen LogP contribution in [0.15, 0.2) is 53.2 Å². The van der Waals surface area contributed by atoms with E-state index < -0.39 is 0 Å². The summed E-state index contributed by atoms with van der Waals surface area (Å²) in [4.78, 5) is 13.9. The van der Waals surface area contributed by atoms with Crippen molar-refractivity contribution in [2.45, 2.75) is 13.0 Å². The van der Waals surface area contributed by atoms with E-state index in [0.717, 1.165) is 4.48 Å². The average molecular weight is 278 g/mol. The summed E-state index contributed by atoms with van der Waals surface area (Å²) in [7, 11) is 0. The molecule has 82 valence electrons. The first-order valence-electron chi connectivity index (χ1n) is 5.12. The number of carbonyl (C=O) groups is 1. The van der Waals surface area contributed by atoms with E-state index >= 15 is 0 Å². The lowest BCUT2D eigenvalue weighted by molar-refractivity contribution is 0.0797. The normalized spacial score (nSPS) is 19.5. The van der Waals surface area contributed by atoms with Gasteiger partial charge >= 0.3 is 0 Å². The smallest absolute Gasteiger partial charge is 0.258 e. The molecule has 0 aromatic heterocycles. The molecule has 1 unspecified atom stereocenters. The van der Waals surface area contributed by atoms with Crippen molar-refractivity contribution >= 4 is 21.8 Å². The highest BCUT2D eigenvalue weighted by Crippen LogP contribution is 2.22. The summed E-state index contributed by atoms with van der Waals surface area (Å²) >= 11 is 3.45. The van der Waals surface area contributed by atoms with Crippen LogP contribution in [0.1, 0.15) is 17.3 Å². The van der Waals surface area contributed by atoms with Crippen molar-refractivity contribution in [1.82, 2.24) is 4.90 Å². The van der Waals surface area contributed by atoms with Gasteiger partial charge in [-0.25, -0.2) is 0 Å². The number of amides is 1. The Kier molecular flexibility index (Phi) is 3.25. The van der Waals surface area contributed by atoms with E-state index in [1.54, 1.807) is 4.90 Å². The molecule has 1 aromatic rings. The predicted molar refractivity (Wildman–Crippen MR) is 68.2 cm³/mol. The van der Waals surface area contributed by atoms with Gasteiger partial charge < -0.3 is 4.90 Å². The summed E-state index contributed by atoms with van der Waals surface area (Å²) in [5.74, 6) is 0.0226. The standard InChI is InChI=1S/C13H12BrNO/c1-10-12(14)8-5-9-15(10)13(16)11-6-3-2-4-7-11/h2-10H,1H3. The van der Waals surface area contributed by atoms with Gasteiger partial charge in [0.2, 0.25) is 0 Å². The minimum atomic E-state index is 0.0226. The van der Waals surface area contributed by atoms with Crippen LogP contribution in [0, 0.1) is 0 Å². The molecule has 1 amide bonds. The lowest BCUT2D eigenvalue weighted by atomic mass is 10.1. The molecule has 0 N–H and O–H groups in total. The second-order valence-corrected chi connectivity index (χ2v) is 4.56. The van der Waals surface area contributed by atoms with Gasteiger partial charge in [0.15, 0.2) is 0 Å². The summed E-state index contributed by atoms with van der Waals surface area (Å²) in [5.41, 5.74) is 0.709. The van der Waals surface area contributed by atoms with E-state index in [2.05, 4.69) is 15.9 Å². The molecular formula is C13H12BrNO. The first kappa shape index (κ1) is 11.1. The quantitative estimate of drug-likeness (QED) is 0.771. The summed E-state index contributed by atoms with van der Waals surface area (Å²) in [5, 5.41) is 0. The molecule has 2 rings (SSSR count). The SMILES string of the molecule is CC1C(Br)=CC=CN1C(=O)c1ccccc1. The molecule has 0 spiro atoms. The van der Waals surface area contributed by atoms with E-state index in [1.165, 1.54) is 0 Å². The van der Waals surface area contributed by atoms with Gasteiger partial charge in [-0.3, -0.25) is 4.79 Å². The van der Waals surface area contributed by atoms with Gasteiger partial charge in [-0.2, -0.15) is 0 Å². The van der Waals surface area contributed by atoms with E-state index in [4.69, 9.17) is 0 Å². The number of benzene rings is 1. The van der Waals surface area contributed by atoms with Gasteiger partial charge in [-0.05, 0) is 31.2 Å². The van der Waals surface area contributed by atoms with E-state index in [1.807, 2.05) is 55.6 Å². The molecule has 0 bridgehead atoms. The van der Waals surface area contributed by atoms with E-state index in [9.17, 15) is 4.79 Å². The van der Waals surface area contributed by atoms with Crippen LogP contribution < -0.4 is 0 Å². The molecule has 1 heterocycles. The van der Waals surface area contributed by atoms with Crippen LogP contribution >= 0.6 is 15.9 Å². The largest absolute Gasteiger partial charge is 0.307 e. The minimum Gasteiger partial charge on any atom is -0.307 e. The number of halogens is 1. The molecule has 1 atom stereocenters. The maximum Gasteiger partial charge on any atom is 0.258 e. The first-order valence-corrected chi connectivity index (χ1v) is 5.91. The second kappa shape index (κ2) is 4.66. The summed E-state index contributed by atoms with van der Waals surface area (Å²) in [6.45, 7) is 1.99. The fourth-order valence-electron chi connectivity index (χ4n) is 1.60. The Balaban J connectivity index is 2.24. The Bertz CT molecular complexity index is 450. The van der Waals surface area contributed by atoms with Crippen LogP contribution in [-0.4, -0.2) is 16.8 Å². The monoisotopic (exact) mass is 277 g/mol. The fourth-order valence-corrected chi connectivity index (χ4v) is 1.98. The first-order chi connectivity index (χ1) is 7.70. The highest BCUT2D eigenvalue weighted by Gasteiger charge is 2.22. The molecular weight excluding hydrogens is 266 g/mol. The third kappa shape index (κ3) is 2.09. The number of carbonyl (C=O) groups excluding carboxylic acids is 1. The Hall–Kier alpha value is -1.35. The predicted octanol–water partition coefficient (Wildman–Crippen LogP) is 3.32. The molecule has 0 saturated heterocycles. The van der Waals surface area contributed by atoms with Crippen molar-refractivity contribution in [3.63, 3.8) is 0 Å². The van der Waals surface area contributed by atoms with Crippen LogP contribution in [-0.2, 0) is 0 Å². The van der Waals surface area contributed by atoms with Gasteiger partial charge in [0, 0.05) is 16.2 Å². The van der Waals surface area contributed by atoms with Crippen molar-refractivity contribution < 1.29 is 4.79 Å². The average Bonchev–Trinajstić information content (AvgIpc) is 2.33. The lowest BCUT2D eigenvalue weighted by Gasteiger charge is -2.28. The number of rotatable bonds is 1. The third-order valence-corrected chi connectivity index (χ3v) is 3.50. The van der Waals surface area contributed by atoms with Gasteiger partial charge in [0.25, 0.3) is 5.91 Å². The number of allylic oxidation sites excluding steroid dienone is 2. The molecule has 0 fully saturated rings. The highest BCUT2D eigenvalue weighted by molar-refractivity contribution is 9.11. The van der Waals surface area contributed by atoms with Crippen LogP contribution in [0.25, 0.3) is 0 Å². The fraction of sp³-hybridized carbons (Fsp3) is 0.154. The summed E-state index contributed by atoms with van der Waals surface area (Å²) in [6.07, 6.45) is 5.63. The zero-order valence-corrected chi connectivity index (χ0v) is 10.5. The number of nitrogens with zero attached hydrogens (tertiary/aromatic N) is 1. The minimum absolute atomic E-state index is 0.0226. The van der Waals surface area contributed by atoms with Gasteiger partial charge in [-0.15, -0.1) is 0 Å². The Morgan fingerprint density at radius 3 is 2.69 bits per heavy atom. The highest BCUT2D eigenvalue weighted by atomic mass is 79.9. The molecule has 0 radical (unpaired) electrons. The molecule has 0 aliphatic carbocycles. The number of hydrogen-bond acceptors (Lipinski definition) is 1. The van der Waals surface area contributed by atoms with Crippen molar-refractivity contribution in [2.75, 3.05) is 0 Å². The van der Waals surface area contributed by atoms with Crippen molar-refractivity contribution in [2.24, 2.45) is 0 Å². The van der Waals surface area contributed by atoms with Crippen LogP contribution in [0.5, 0.6) is 0 Å². The van der Waals surface area contributed by atoms with Crippen molar-refractivity contribution in [3.8, 4) is 0 Å². The van der Waals surface area contributed by atoms with Crippen molar-refractivity contribution in [3.05, 3.63) is 58.7 Å². The van der Waals surface area contributed by atoms with Crippen molar-refractivity contribution in [1.29, 1.82) is 0 Å². The maximum atomic E-state index is 12.2. The van der Waals surface area contributed by atoms with Gasteiger partial charge in [0.1, 0.15) is 0 Å². The number of hydrogen-bond donors (Lipinski definition) is 0. The van der Waals surface area contributed by atoms with Gasteiger partial charge in [-0.1, -0.05) is 34.1 Å². The lowest BCUT2D eigenvalue weighted by Crippen LogP contribution is -2.35. The van der Waals surface area contributed by atoms with E-state index in [0.29, 0.717) is 5.56 Å².